The van der Waals surface area contributed by atoms with Crippen molar-refractivity contribution < 1.29 is 5.11 Å². The van der Waals surface area contributed by atoms with Crippen LogP contribution in [0.25, 0.3) is 0 Å². The molecule has 4 aliphatic rings. The predicted octanol–water partition coefficient (Wildman–Crippen LogP) is 0.297. The van der Waals surface area contributed by atoms with Crippen LogP contribution >= 0.6 is 0 Å². The Morgan fingerprint density at radius 2 is 1.90 bits per heavy atom. The maximum absolute atomic E-state index is 9.13. The van der Waals surface area contributed by atoms with Crippen LogP contribution in [0, 0.1) is 5.41 Å². The minimum absolute atomic E-state index is 0.0528. The van der Waals surface area contributed by atoms with Crippen LogP contribution < -0.4 is 10.6 Å². The number of allylic oxidation sites excluding steroid dienone is 2. The van der Waals surface area contributed by atoms with Gasteiger partial charge in [-0.15, -0.1) is 0 Å². The lowest BCUT2D eigenvalue weighted by molar-refractivity contribution is 0.0897. The smallest absolute Gasteiger partial charge is 0.120 e. The summed E-state index contributed by atoms with van der Waals surface area (Å²) >= 11 is 0. The molecule has 0 aromatic carbocycles. The lowest BCUT2D eigenvalue weighted by Gasteiger charge is -2.39. The van der Waals surface area contributed by atoms with Gasteiger partial charge >= 0.3 is 0 Å². The van der Waals surface area contributed by atoms with Gasteiger partial charge in [-0.2, -0.15) is 0 Å². The molecule has 2 atom stereocenters. The molecule has 2 saturated heterocycles. The summed E-state index contributed by atoms with van der Waals surface area (Å²) in [7, 11) is 2.06. The van der Waals surface area contributed by atoms with Crippen molar-refractivity contribution in [2.24, 2.45) is 0 Å². The normalized spacial score (nSPS) is 27.9. The first-order chi connectivity index (χ1) is 14.6. The number of dihydropyridines is 1. The van der Waals surface area contributed by atoms with Crippen molar-refractivity contribution in [2.75, 3.05) is 59.5 Å². The SMILES string of the molecule is CN1C=C(C2=CC=CC(N3CCN(CCO)CC3)N2)NC1/C=C\C(=N)N1CCCC1. The van der Waals surface area contributed by atoms with E-state index in [0.717, 1.165) is 57.2 Å². The predicted molar refractivity (Wildman–Crippen MR) is 120 cm³/mol. The molecule has 2 unspecified atom stereocenters. The molecule has 4 rings (SSSR count). The maximum atomic E-state index is 9.13. The molecule has 30 heavy (non-hydrogen) atoms. The lowest BCUT2D eigenvalue weighted by Crippen LogP contribution is -2.54. The van der Waals surface area contributed by atoms with E-state index in [9.17, 15) is 0 Å². The van der Waals surface area contributed by atoms with Crippen LogP contribution in [0.3, 0.4) is 0 Å². The number of aliphatic hydroxyl groups is 1. The van der Waals surface area contributed by atoms with Gasteiger partial charge in [0, 0.05) is 59.1 Å². The number of nitrogens with one attached hydrogen (secondary N) is 3. The van der Waals surface area contributed by atoms with Crippen molar-refractivity contribution in [3.05, 3.63) is 48.0 Å². The first kappa shape index (κ1) is 21.0. The van der Waals surface area contributed by atoms with Crippen LogP contribution in [0.4, 0.5) is 0 Å². The Balaban J connectivity index is 1.30. The van der Waals surface area contributed by atoms with Crippen LogP contribution in [0.15, 0.2) is 48.0 Å². The van der Waals surface area contributed by atoms with Crippen molar-refractivity contribution in [1.82, 2.24) is 30.2 Å². The Kier molecular flexibility index (Phi) is 6.76. The summed E-state index contributed by atoms with van der Waals surface area (Å²) in [6.07, 6.45) is 15.2. The number of likely N-dealkylation sites (N-methyl/N-ethyl adjacent to an activating group) is 1. The third kappa shape index (κ3) is 4.88. The van der Waals surface area contributed by atoms with E-state index in [0.29, 0.717) is 5.84 Å². The van der Waals surface area contributed by atoms with Crippen molar-refractivity contribution in [3.63, 3.8) is 0 Å². The summed E-state index contributed by atoms with van der Waals surface area (Å²) in [5.74, 6) is 0.606. The second kappa shape index (κ2) is 9.68. The molecular weight excluding hydrogens is 378 g/mol. The second-order valence-corrected chi connectivity index (χ2v) is 8.39. The van der Waals surface area contributed by atoms with Gasteiger partial charge in [0.15, 0.2) is 0 Å². The number of piperazine rings is 1. The summed E-state index contributed by atoms with van der Waals surface area (Å²) in [6.45, 7) is 6.96. The minimum Gasteiger partial charge on any atom is -0.395 e. The summed E-state index contributed by atoms with van der Waals surface area (Å²) in [6, 6.07) is 0. The third-order valence-corrected chi connectivity index (χ3v) is 6.32. The molecule has 2 fully saturated rings. The largest absolute Gasteiger partial charge is 0.395 e. The van der Waals surface area contributed by atoms with Gasteiger partial charge < -0.3 is 25.5 Å². The molecule has 0 aromatic rings. The minimum atomic E-state index is 0.0528. The highest BCUT2D eigenvalue weighted by Crippen LogP contribution is 2.20. The maximum Gasteiger partial charge on any atom is 0.120 e. The monoisotopic (exact) mass is 413 g/mol. The van der Waals surface area contributed by atoms with Gasteiger partial charge in [0.05, 0.1) is 24.2 Å². The number of nitrogens with zero attached hydrogens (tertiary/aromatic N) is 4. The van der Waals surface area contributed by atoms with Gasteiger partial charge in [0.2, 0.25) is 0 Å². The summed E-state index contributed by atoms with van der Waals surface area (Å²) in [5, 5.41) is 24.6. The lowest BCUT2D eigenvalue weighted by atomic mass is 10.2. The Labute approximate surface area is 179 Å². The number of aliphatic hydroxyl groups excluding tert-OH is 1. The Morgan fingerprint density at radius 3 is 2.63 bits per heavy atom. The molecule has 164 valence electrons. The summed E-state index contributed by atoms with van der Waals surface area (Å²) in [5.41, 5.74) is 2.17. The molecule has 0 bridgehead atoms. The highest BCUT2D eigenvalue weighted by atomic mass is 16.3. The quantitative estimate of drug-likeness (QED) is 0.368. The number of hydrogen-bond acceptors (Lipinski definition) is 7. The Morgan fingerprint density at radius 1 is 1.13 bits per heavy atom. The van der Waals surface area contributed by atoms with Gasteiger partial charge in [-0.3, -0.25) is 15.2 Å². The van der Waals surface area contributed by atoms with Crippen molar-refractivity contribution >= 4 is 5.84 Å². The Hall–Kier alpha value is -2.29. The average Bonchev–Trinajstić information content (AvgIpc) is 3.43. The first-order valence-corrected chi connectivity index (χ1v) is 11.1. The molecule has 0 saturated carbocycles. The van der Waals surface area contributed by atoms with Crippen LogP contribution in [-0.2, 0) is 0 Å². The fourth-order valence-corrected chi connectivity index (χ4v) is 4.46. The molecule has 4 aliphatic heterocycles. The molecule has 8 nitrogen and oxygen atoms in total. The fourth-order valence-electron chi connectivity index (χ4n) is 4.46. The topological polar surface area (TPSA) is 81.1 Å². The number of amidine groups is 1. The molecule has 0 radical (unpaired) electrons. The molecule has 0 aliphatic carbocycles. The molecule has 0 amide bonds. The molecule has 0 spiro atoms. The van der Waals surface area contributed by atoms with Crippen LogP contribution in [-0.4, -0.2) is 102 Å². The number of hydrogen-bond donors (Lipinski definition) is 4. The van der Waals surface area contributed by atoms with Crippen LogP contribution in [0.5, 0.6) is 0 Å². The van der Waals surface area contributed by atoms with Crippen molar-refractivity contribution in [3.8, 4) is 0 Å². The molecule has 4 heterocycles. The molecular formula is C22H35N7O. The van der Waals surface area contributed by atoms with E-state index >= 15 is 0 Å². The zero-order valence-electron chi connectivity index (χ0n) is 17.9. The van der Waals surface area contributed by atoms with Gasteiger partial charge in [0.1, 0.15) is 12.0 Å². The van der Waals surface area contributed by atoms with E-state index in [1.165, 1.54) is 12.8 Å². The van der Waals surface area contributed by atoms with Crippen molar-refractivity contribution in [2.45, 2.75) is 25.2 Å². The van der Waals surface area contributed by atoms with Crippen LogP contribution in [0.2, 0.25) is 0 Å². The Bertz CT molecular complexity index is 730. The van der Waals surface area contributed by atoms with E-state index in [-0.39, 0.29) is 18.9 Å². The zero-order valence-corrected chi connectivity index (χ0v) is 17.9. The van der Waals surface area contributed by atoms with E-state index in [2.05, 4.69) is 67.8 Å². The standard InChI is InChI=1S/C22H35N7O/c1-26-17-19(25-21(26)8-7-20(23)28-9-2-3-10-28)18-5-4-6-22(24-18)29-13-11-27(12-14-29)15-16-30/h4-8,17,21-25,30H,2-3,9-16H2,1H3/b8-7-,23-20?. The van der Waals surface area contributed by atoms with Gasteiger partial charge in [-0.25, -0.2) is 0 Å². The van der Waals surface area contributed by atoms with Crippen molar-refractivity contribution in [1.29, 1.82) is 5.41 Å². The highest BCUT2D eigenvalue weighted by molar-refractivity contribution is 5.90. The summed E-state index contributed by atoms with van der Waals surface area (Å²) < 4.78 is 0. The average molecular weight is 414 g/mol. The van der Waals surface area contributed by atoms with Gasteiger partial charge in [-0.1, -0.05) is 6.08 Å². The first-order valence-electron chi connectivity index (χ1n) is 11.1. The number of rotatable bonds is 6. The summed E-state index contributed by atoms with van der Waals surface area (Å²) in [4.78, 5) is 9.05. The van der Waals surface area contributed by atoms with E-state index < -0.39 is 0 Å². The number of likely N-dealkylation sites (tertiary alicyclic amines) is 1. The fraction of sp³-hybridized carbons (Fsp3) is 0.591. The van der Waals surface area contributed by atoms with E-state index in [1.54, 1.807) is 0 Å². The second-order valence-electron chi connectivity index (χ2n) is 8.39. The molecule has 8 heteroatoms. The van der Waals surface area contributed by atoms with Gasteiger partial charge in [0.25, 0.3) is 0 Å². The van der Waals surface area contributed by atoms with Crippen LogP contribution in [0.1, 0.15) is 12.8 Å². The number of β-amino-alcohol motifs (C(OH)–C–C–N with tert-alkyl or cyclic N) is 1. The molecule has 4 N–H and O–H groups in total. The molecule has 0 aromatic heterocycles. The van der Waals surface area contributed by atoms with E-state index in [1.807, 2.05) is 6.08 Å². The van der Waals surface area contributed by atoms with E-state index in [4.69, 9.17) is 10.5 Å². The zero-order chi connectivity index (χ0) is 20.9. The highest BCUT2D eigenvalue weighted by Gasteiger charge is 2.27. The van der Waals surface area contributed by atoms with Gasteiger partial charge in [-0.05, 0) is 37.1 Å². The third-order valence-electron chi connectivity index (χ3n) is 6.32.